The van der Waals surface area contributed by atoms with Gasteiger partial charge in [0.25, 0.3) is 0 Å². The summed E-state index contributed by atoms with van der Waals surface area (Å²) in [5.74, 6) is 0. The summed E-state index contributed by atoms with van der Waals surface area (Å²) in [6, 6.07) is 14.9. The molecular weight excluding hydrogens is 422 g/mol. The van der Waals surface area contributed by atoms with Crippen molar-refractivity contribution in [1.82, 2.24) is 19.7 Å². The molecule has 33 heavy (non-hydrogen) atoms. The van der Waals surface area contributed by atoms with E-state index in [1.54, 1.807) is 30.1 Å². The Balaban J connectivity index is 1.53. The van der Waals surface area contributed by atoms with Crippen LogP contribution < -0.4 is 10.9 Å². The standard InChI is InChI=1S/C24H25N5O4/c1-4-32-24(31)27-19-7-10-21-18(11-23(30)33-22(21)12-19)13-28(3)16(2)17-5-8-20(9-6-17)29-15-25-14-26-29/h5-12,14-16H,4,13H2,1-3H3,(H,27,31). The molecule has 4 aromatic rings. The molecule has 1 amide bonds. The largest absolute Gasteiger partial charge is 0.450 e. The minimum atomic E-state index is -0.557. The van der Waals surface area contributed by atoms with E-state index in [1.165, 1.54) is 12.4 Å². The average Bonchev–Trinajstić information content (AvgIpc) is 3.33. The zero-order chi connectivity index (χ0) is 23.4. The predicted molar refractivity (Wildman–Crippen MR) is 124 cm³/mol. The molecule has 0 saturated carbocycles. The number of nitrogens with zero attached hydrogens (tertiary/aromatic N) is 4. The lowest BCUT2D eigenvalue weighted by atomic mass is 10.0. The molecule has 9 nitrogen and oxygen atoms in total. The van der Waals surface area contributed by atoms with Crippen LogP contribution >= 0.6 is 0 Å². The second kappa shape index (κ2) is 9.66. The van der Waals surface area contributed by atoms with Crippen molar-refractivity contribution in [3.63, 3.8) is 0 Å². The van der Waals surface area contributed by atoms with E-state index in [9.17, 15) is 9.59 Å². The molecular formula is C24H25N5O4. The van der Waals surface area contributed by atoms with Crippen molar-refractivity contribution in [2.45, 2.75) is 26.4 Å². The number of ether oxygens (including phenoxy) is 1. The molecule has 0 spiro atoms. The van der Waals surface area contributed by atoms with Gasteiger partial charge in [0, 0.05) is 35.8 Å². The van der Waals surface area contributed by atoms with Crippen LogP contribution in [-0.2, 0) is 11.3 Å². The summed E-state index contributed by atoms with van der Waals surface area (Å²) in [7, 11) is 2.01. The van der Waals surface area contributed by atoms with Crippen molar-refractivity contribution in [2.75, 3.05) is 19.0 Å². The van der Waals surface area contributed by atoms with Gasteiger partial charge in [0.2, 0.25) is 0 Å². The lowest BCUT2D eigenvalue weighted by Crippen LogP contribution is -2.22. The Kier molecular flexibility index (Phi) is 6.50. The summed E-state index contributed by atoms with van der Waals surface area (Å²) in [4.78, 5) is 30.0. The van der Waals surface area contributed by atoms with Crippen LogP contribution in [0.1, 0.15) is 31.0 Å². The first-order valence-corrected chi connectivity index (χ1v) is 10.6. The topological polar surface area (TPSA) is 102 Å². The molecule has 2 aromatic carbocycles. The van der Waals surface area contributed by atoms with E-state index in [4.69, 9.17) is 9.15 Å². The molecule has 1 N–H and O–H groups in total. The van der Waals surface area contributed by atoms with Gasteiger partial charge in [-0.25, -0.2) is 19.3 Å². The predicted octanol–water partition coefficient (Wildman–Crippen LogP) is 4.14. The lowest BCUT2D eigenvalue weighted by Gasteiger charge is -2.25. The second-order valence-electron chi connectivity index (χ2n) is 7.67. The highest BCUT2D eigenvalue weighted by Crippen LogP contribution is 2.26. The van der Waals surface area contributed by atoms with E-state index in [0.29, 0.717) is 17.8 Å². The summed E-state index contributed by atoms with van der Waals surface area (Å²) in [5.41, 5.74) is 3.38. The van der Waals surface area contributed by atoms with E-state index in [0.717, 1.165) is 22.2 Å². The Morgan fingerprint density at radius 2 is 2.00 bits per heavy atom. The molecule has 4 rings (SSSR count). The van der Waals surface area contributed by atoms with Gasteiger partial charge in [-0.3, -0.25) is 10.2 Å². The molecule has 0 aliphatic rings. The average molecular weight is 447 g/mol. The van der Waals surface area contributed by atoms with E-state index in [1.807, 2.05) is 25.2 Å². The molecule has 9 heteroatoms. The fraction of sp³-hybridized carbons (Fsp3) is 0.250. The van der Waals surface area contributed by atoms with Crippen LogP contribution in [-0.4, -0.2) is 39.4 Å². The van der Waals surface area contributed by atoms with E-state index >= 15 is 0 Å². The first kappa shape index (κ1) is 22.2. The van der Waals surface area contributed by atoms with Crippen molar-refractivity contribution in [3.05, 3.63) is 82.7 Å². The Bertz CT molecular complexity index is 1300. The first-order valence-electron chi connectivity index (χ1n) is 10.6. The van der Waals surface area contributed by atoms with Crippen LogP contribution in [0, 0.1) is 0 Å². The van der Waals surface area contributed by atoms with Gasteiger partial charge in [0.1, 0.15) is 18.2 Å². The van der Waals surface area contributed by atoms with Crippen molar-refractivity contribution in [1.29, 1.82) is 0 Å². The first-order chi connectivity index (χ1) is 15.9. The number of hydrogen-bond donors (Lipinski definition) is 1. The number of fused-ring (bicyclic) bond motifs is 1. The molecule has 1 unspecified atom stereocenters. The quantitative estimate of drug-likeness (QED) is 0.425. The molecule has 0 fully saturated rings. The highest BCUT2D eigenvalue weighted by atomic mass is 16.5. The maximum Gasteiger partial charge on any atom is 0.411 e. The van der Waals surface area contributed by atoms with Gasteiger partial charge in [-0.1, -0.05) is 12.1 Å². The smallest absolute Gasteiger partial charge is 0.411 e. The normalized spacial score (nSPS) is 12.1. The second-order valence-corrected chi connectivity index (χ2v) is 7.67. The molecule has 0 aliphatic carbocycles. The van der Waals surface area contributed by atoms with E-state index in [-0.39, 0.29) is 12.6 Å². The van der Waals surface area contributed by atoms with Crippen molar-refractivity contribution in [3.8, 4) is 5.69 Å². The van der Waals surface area contributed by atoms with Gasteiger partial charge in [0.05, 0.1) is 12.3 Å². The number of aromatic nitrogens is 3. The zero-order valence-corrected chi connectivity index (χ0v) is 18.7. The van der Waals surface area contributed by atoms with Gasteiger partial charge in [0.15, 0.2) is 0 Å². The summed E-state index contributed by atoms with van der Waals surface area (Å²) >= 11 is 0. The van der Waals surface area contributed by atoms with Crippen molar-refractivity contribution < 1.29 is 13.9 Å². The Hall–Kier alpha value is -3.98. The molecule has 0 radical (unpaired) electrons. The molecule has 1 atom stereocenters. The van der Waals surface area contributed by atoms with Crippen LogP contribution in [0.5, 0.6) is 0 Å². The lowest BCUT2D eigenvalue weighted by molar-refractivity contribution is 0.168. The molecule has 2 aromatic heterocycles. The van der Waals surface area contributed by atoms with Crippen LogP contribution in [0.2, 0.25) is 0 Å². The summed E-state index contributed by atoms with van der Waals surface area (Å²) in [6.07, 6.45) is 2.60. The van der Waals surface area contributed by atoms with Crippen molar-refractivity contribution in [2.24, 2.45) is 0 Å². The number of carbonyl (C=O) groups is 1. The molecule has 0 bridgehead atoms. The number of amides is 1. The maximum absolute atomic E-state index is 12.2. The molecule has 2 heterocycles. The minimum Gasteiger partial charge on any atom is -0.450 e. The van der Waals surface area contributed by atoms with Gasteiger partial charge in [-0.05, 0) is 56.3 Å². The summed E-state index contributed by atoms with van der Waals surface area (Å²) in [6.45, 7) is 4.65. The van der Waals surface area contributed by atoms with E-state index in [2.05, 4.69) is 39.4 Å². The monoisotopic (exact) mass is 447 g/mol. The Labute approximate surface area is 190 Å². The minimum absolute atomic E-state index is 0.0989. The number of rotatable bonds is 7. The third-order valence-corrected chi connectivity index (χ3v) is 5.49. The Morgan fingerprint density at radius 1 is 1.21 bits per heavy atom. The van der Waals surface area contributed by atoms with Gasteiger partial charge in [-0.15, -0.1) is 0 Å². The number of anilines is 1. The number of benzene rings is 2. The summed E-state index contributed by atoms with van der Waals surface area (Å²) < 4.78 is 12.0. The van der Waals surface area contributed by atoms with Crippen molar-refractivity contribution >= 4 is 22.7 Å². The Morgan fingerprint density at radius 3 is 2.70 bits per heavy atom. The van der Waals surface area contributed by atoms with E-state index < -0.39 is 11.7 Å². The fourth-order valence-corrected chi connectivity index (χ4v) is 3.63. The van der Waals surface area contributed by atoms with Gasteiger partial charge in [-0.2, -0.15) is 5.10 Å². The molecule has 0 aliphatic heterocycles. The number of hydrogen-bond acceptors (Lipinski definition) is 7. The van der Waals surface area contributed by atoms with Gasteiger partial charge >= 0.3 is 11.7 Å². The van der Waals surface area contributed by atoms with Crippen LogP contribution in [0.3, 0.4) is 0 Å². The van der Waals surface area contributed by atoms with Crippen LogP contribution in [0.25, 0.3) is 16.7 Å². The maximum atomic E-state index is 12.2. The molecule has 0 saturated heterocycles. The zero-order valence-electron chi connectivity index (χ0n) is 18.7. The number of carbonyl (C=O) groups excluding carboxylic acids is 1. The fourth-order valence-electron chi connectivity index (χ4n) is 3.63. The number of nitrogens with one attached hydrogen (secondary N) is 1. The summed E-state index contributed by atoms with van der Waals surface area (Å²) in [5, 5.41) is 7.58. The third kappa shape index (κ3) is 5.09. The highest BCUT2D eigenvalue weighted by molar-refractivity contribution is 5.89. The SMILES string of the molecule is CCOC(=O)Nc1ccc2c(CN(C)C(C)c3ccc(-n4cncn4)cc3)cc(=O)oc2c1. The van der Waals surface area contributed by atoms with Crippen LogP contribution in [0.15, 0.2) is 70.4 Å². The third-order valence-electron chi connectivity index (χ3n) is 5.49. The van der Waals surface area contributed by atoms with Crippen LogP contribution in [0.4, 0.5) is 10.5 Å². The highest BCUT2D eigenvalue weighted by Gasteiger charge is 2.15. The van der Waals surface area contributed by atoms with Gasteiger partial charge < -0.3 is 9.15 Å². The molecule has 170 valence electrons.